The summed E-state index contributed by atoms with van der Waals surface area (Å²) in [6, 6.07) is 35.8. The van der Waals surface area contributed by atoms with E-state index < -0.39 is 17.0 Å². The standard InChI is InChI=1S/C12H10Si.C9H7.C8H12NO.2ClH.Ti/c1-3-7-11(8-4-1)13-12-9-5-2-6-10-12;1-2-5-9-7-3-6-8(9)4-1;9-7(10)8-3-1-6(5-8)2-4-8;;;/h1-10H;1-7H;3,6H,1-2,4-5H2,(H2,9,10);2*1H;/q;2*-1;;;+2/p-2. The molecule has 2 aliphatic carbocycles. The molecule has 2 aliphatic rings. The average Bonchev–Trinajstić information content (AvgIpc) is 3.64. The number of carbonyl (C=O) groups is 1. The second kappa shape index (κ2) is 14.7. The van der Waals surface area contributed by atoms with Crippen LogP contribution in [0.25, 0.3) is 10.8 Å². The molecule has 2 bridgehead atoms. The van der Waals surface area contributed by atoms with Crippen LogP contribution in [0.15, 0.2) is 103 Å². The van der Waals surface area contributed by atoms with Crippen molar-refractivity contribution in [2.24, 2.45) is 17.1 Å². The Kier molecular flexibility index (Phi) is 11.7. The SMILES string of the molecule is NC(=O)C12[CH-]CC(CC1)C2.[Cl][Ti][Cl].c1ccc([Si]c2ccccc2)cc1.c1ccc2[cH-]ccc2c1. The van der Waals surface area contributed by atoms with Gasteiger partial charge < -0.3 is 12.2 Å². The monoisotopic (exact) mass is 553 g/mol. The Morgan fingerprint density at radius 2 is 1.49 bits per heavy atom. The summed E-state index contributed by atoms with van der Waals surface area (Å²) in [5.41, 5.74) is 5.12. The Hall–Kier alpha value is -1.75. The van der Waals surface area contributed by atoms with Crippen molar-refractivity contribution in [3.63, 3.8) is 0 Å². The van der Waals surface area contributed by atoms with Crippen molar-refractivity contribution in [3.8, 4) is 0 Å². The number of amides is 1. The molecule has 0 saturated heterocycles. The fraction of sp³-hybridized carbons (Fsp3) is 0.207. The maximum absolute atomic E-state index is 11.0. The van der Waals surface area contributed by atoms with Crippen LogP contribution in [-0.2, 0) is 21.8 Å². The van der Waals surface area contributed by atoms with Crippen molar-refractivity contribution >= 4 is 55.2 Å². The maximum atomic E-state index is 11.0. The number of hydrogen-bond acceptors (Lipinski definition) is 1. The van der Waals surface area contributed by atoms with E-state index in [1.165, 1.54) is 27.6 Å². The molecule has 6 rings (SSSR count). The molecule has 2 nitrogen and oxygen atoms in total. The second-order valence-electron chi connectivity index (χ2n) is 8.65. The summed E-state index contributed by atoms with van der Waals surface area (Å²) in [5.74, 6) is 0.667. The van der Waals surface area contributed by atoms with Gasteiger partial charge in [0.05, 0.1) is 0 Å². The van der Waals surface area contributed by atoms with Crippen LogP contribution < -0.4 is 16.1 Å². The van der Waals surface area contributed by atoms with Crippen molar-refractivity contribution < 1.29 is 21.8 Å². The Labute approximate surface area is 228 Å². The van der Waals surface area contributed by atoms with Gasteiger partial charge in [0.15, 0.2) is 5.91 Å². The first-order valence-electron chi connectivity index (χ1n) is 11.6. The normalized spacial score (nSPS) is 19.3. The number of fused-ring (bicyclic) bond motifs is 3. The zero-order valence-electron chi connectivity index (χ0n) is 19.5. The van der Waals surface area contributed by atoms with E-state index in [-0.39, 0.29) is 11.3 Å². The smallest absolute Gasteiger partial charge is 0.121 e. The van der Waals surface area contributed by atoms with Crippen molar-refractivity contribution in [2.45, 2.75) is 25.7 Å². The summed E-state index contributed by atoms with van der Waals surface area (Å²) in [6.07, 6.45) is 6.49. The number of nitrogens with two attached hydrogens (primary N) is 1. The molecule has 0 spiro atoms. The molecule has 4 aromatic carbocycles. The largest absolute Gasteiger partial charge is 0.168 e. The van der Waals surface area contributed by atoms with Gasteiger partial charge >= 0.3 is 35.6 Å². The van der Waals surface area contributed by atoms with Gasteiger partial charge in [-0.1, -0.05) is 108 Å². The number of benzene rings is 3. The summed E-state index contributed by atoms with van der Waals surface area (Å²) in [6.45, 7) is 0. The van der Waals surface area contributed by atoms with Gasteiger partial charge in [0.1, 0.15) is 9.52 Å². The van der Waals surface area contributed by atoms with Gasteiger partial charge in [-0.3, -0.25) is 4.79 Å². The van der Waals surface area contributed by atoms with Gasteiger partial charge in [0.2, 0.25) is 0 Å². The first kappa shape index (κ1) is 27.8. The van der Waals surface area contributed by atoms with E-state index in [9.17, 15) is 4.79 Å². The molecule has 0 aromatic heterocycles. The van der Waals surface area contributed by atoms with E-state index in [1.54, 1.807) is 0 Å². The summed E-state index contributed by atoms with van der Waals surface area (Å²) in [5, 5.41) is 5.46. The minimum Gasteiger partial charge on any atom is -0.168 e. The van der Waals surface area contributed by atoms with Crippen molar-refractivity contribution in [1.82, 2.24) is 0 Å². The molecule has 2 N–H and O–H groups in total. The number of rotatable bonds is 3. The fourth-order valence-electron chi connectivity index (χ4n) is 4.56. The van der Waals surface area contributed by atoms with Crippen molar-refractivity contribution in [1.29, 1.82) is 0 Å². The van der Waals surface area contributed by atoms with Gasteiger partial charge in [0.25, 0.3) is 0 Å². The van der Waals surface area contributed by atoms with Gasteiger partial charge in [-0.05, 0) is 0 Å². The molecule has 2 saturated carbocycles. The molecule has 1 amide bonds. The molecular formula is C29H29Cl2NOSiTi-2. The van der Waals surface area contributed by atoms with E-state index in [2.05, 4.69) is 110 Å². The van der Waals surface area contributed by atoms with Gasteiger partial charge in [-0.2, -0.15) is 23.9 Å². The summed E-state index contributed by atoms with van der Waals surface area (Å²) >= 11 is -0.556. The Morgan fingerprint density at radius 1 is 0.914 bits per heavy atom. The Morgan fingerprint density at radius 3 is 1.91 bits per heavy atom. The molecule has 0 heterocycles. The van der Waals surface area contributed by atoms with E-state index in [4.69, 9.17) is 24.3 Å². The topological polar surface area (TPSA) is 43.1 Å². The predicted octanol–water partition coefficient (Wildman–Crippen LogP) is 6.14. The molecular weight excluding hydrogens is 525 g/mol. The van der Waals surface area contributed by atoms with E-state index in [1.807, 2.05) is 0 Å². The van der Waals surface area contributed by atoms with Crippen LogP contribution >= 0.6 is 18.6 Å². The third-order valence-electron chi connectivity index (χ3n) is 6.37. The molecule has 2 radical (unpaired) electrons. The minimum absolute atomic E-state index is 0.104. The number of hydrogen-bond donors (Lipinski definition) is 1. The third kappa shape index (κ3) is 8.70. The van der Waals surface area contributed by atoms with Crippen molar-refractivity contribution in [2.75, 3.05) is 0 Å². The Bertz CT molecular complexity index is 1080. The van der Waals surface area contributed by atoms with Gasteiger partial charge in [-0.15, -0.1) is 29.7 Å². The quantitative estimate of drug-likeness (QED) is 0.240. The van der Waals surface area contributed by atoms with Crippen LogP contribution in [0, 0.1) is 17.8 Å². The fourth-order valence-corrected chi connectivity index (χ4v) is 5.62. The summed E-state index contributed by atoms with van der Waals surface area (Å²) in [4.78, 5) is 11.0. The van der Waals surface area contributed by atoms with Crippen LogP contribution in [0.4, 0.5) is 0 Å². The van der Waals surface area contributed by atoms with Crippen LogP contribution in [0.5, 0.6) is 0 Å². The number of carbonyl (C=O) groups excluding carboxylic acids is 1. The average molecular weight is 554 g/mol. The summed E-state index contributed by atoms with van der Waals surface area (Å²) in [7, 11) is 10.6. The molecule has 0 aliphatic heterocycles. The maximum Gasteiger partial charge on any atom is 0.121 e. The molecule has 6 heteroatoms. The van der Waals surface area contributed by atoms with Gasteiger partial charge in [-0.25, -0.2) is 0 Å². The predicted molar refractivity (Wildman–Crippen MR) is 147 cm³/mol. The molecule has 2 fully saturated rings. The first-order valence-corrected chi connectivity index (χ1v) is 16.9. The zero-order chi connectivity index (χ0) is 24.9. The molecule has 35 heavy (non-hydrogen) atoms. The van der Waals surface area contributed by atoms with Gasteiger partial charge in [0, 0.05) is 0 Å². The molecule has 2 atom stereocenters. The zero-order valence-corrected chi connectivity index (χ0v) is 23.6. The molecule has 4 aromatic rings. The number of primary amides is 1. The van der Waals surface area contributed by atoms with E-state index in [0.717, 1.165) is 34.7 Å². The Balaban J connectivity index is 0.000000141. The molecule has 180 valence electrons. The number of halogens is 2. The second-order valence-corrected chi connectivity index (χ2v) is 12.6. The van der Waals surface area contributed by atoms with Crippen LogP contribution in [0.1, 0.15) is 25.7 Å². The summed E-state index contributed by atoms with van der Waals surface area (Å²) < 4.78 is 0. The van der Waals surface area contributed by atoms with Crippen molar-refractivity contribution in [3.05, 3.63) is 110 Å². The van der Waals surface area contributed by atoms with Crippen LogP contribution in [0.3, 0.4) is 0 Å². The third-order valence-corrected chi connectivity index (χ3v) is 7.61. The van der Waals surface area contributed by atoms with E-state index >= 15 is 0 Å². The molecule has 2 unspecified atom stereocenters. The van der Waals surface area contributed by atoms with Crippen LogP contribution in [-0.4, -0.2) is 15.4 Å². The van der Waals surface area contributed by atoms with E-state index in [0.29, 0.717) is 0 Å². The first-order chi connectivity index (χ1) is 17.1. The minimum atomic E-state index is -0.556. The van der Waals surface area contributed by atoms with Crippen LogP contribution in [0.2, 0.25) is 0 Å².